The number of nitrogens with zero attached hydrogens (tertiary/aromatic N) is 3. The summed E-state index contributed by atoms with van der Waals surface area (Å²) in [5.41, 5.74) is 3.64. The first-order valence-electron chi connectivity index (χ1n) is 9.46. The monoisotopic (exact) mass is 397 g/mol. The molecule has 3 aromatic carbocycles. The lowest BCUT2D eigenvalue weighted by Crippen LogP contribution is -2.33. The van der Waals surface area contributed by atoms with Gasteiger partial charge in [0.05, 0.1) is 40.6 Å². The third kappa shape index (κ3) is 4.67. The van der Waals surface area contributed by atoms with Gasteiger partial charge in [-0.15, -0.1) is 0 Å². The van der Waals surface area contributed by atoms with Crippen LogP contribution in [-0.4, -0.2) is 33.1 Å². The van der Waals surface area contributed by atoms with E-state index in [1.807, 2.05) is 30.3 Å². The number of carbonyl (C=O) groups excluding carboxylic acids is 1. The van der Waals surface area contributed by atoms with Crippen molar-refractivity contribution in [2.45, 2.75) is 12.8 Å². The summed E-state index contributed by atoms with van der Waals surface area (Å²) in [4.78, 5) is 26.6. The predicted octanol–water partition coefficient (Wildman–Crippen LogP) is 5.08. The Balaban J connectivity index is 1.73. The number of hydrogen-bond acceptors (Lipinski definition) is 6. The average Bonchev–Trinajstić information content (AvgIpc) is 2.75. The second-order valence-electron chi connectivity index (χ2n) is 6.82. The largest absolute Gasteiger partial charge is 0.508 e. The van der Waals surface area contributed by atoms with Gasteiger partial charge < -0.3 is 10.2 Å². The lowest BCUT2D eigenvalue weighted by Gasteiger charge is -2.17. The van der Waals surface area contributed by atoms with Gasteiger partial charge in [0.1, 0.15) is 11.5 Å². The van der Waals surface area contributed by atoms with Crippen LogP contribution in [0.3, 0.4) is 0 Å². The van der Waals surface area contributed by atoms with Gasteiger partial charge in [0.15, 0.2) is 5.78 Å². The van der Waals surface area contributed by atoms with Crippen molar-refractivity contribution in [1.29, 1.82) is 0 Å². The van der Waals surface area contributed by atoms with Crippen molar-refractivity contribution in [1.82, 2.24) is 0 Å². The summed E-state index contributed by atoms with van der Waals surface area (Å²) in [5.74, 6) is 0.189. The van der Waals surface area contributed by atoms with Crippen LogP contribution < -0.4 is 0 Å². The Morgan fingerprint density at radius 1 is 0.533 bits per heavy atom. The molecule has 148 valence electrons. The van der Waals surface area contributed by atoms with Gasteiger partial charge in [0, 0.05) is 6.42 Å². The van der Waals surface area contributed by atoms with Crippen molar-refractivity contribution in [3.05, 3.63) is 78.9 Å². The molecule has 1 aliphatic rings. The molecule has 0 heterocycles. The highest BCUT2D eigenvalue weighted by molar-refractivity contribution is 6.62. The molecule has 1 fully saturated rings. The Hall–Kier alpha value is -4.06. The summed E-state index contributed by atoms with van der Waals surface area (Å²) in [6, 6.07) is 22.3. The molecule has 2 N–H and O–H groups in total. The number of phenolic OH excluding ortho intramolecular Hbond substituents is 2. The Morgan fingerprint density at radius 2 is 0.967 bits per heavy atom. The Kier molecular flexibility index (Phi) is 5.48. The second kappa shape index (κ2) is 8.53. The summed E-state index contributed by atoms with van der Waals surface area (Å²) >= 11 is 0. The minimum atomic E-state index is -0.109. The molecule has 0 atom stereocenters. The van der Waals surface area contributed by atoms with Crippen molar-refractivity contribution >= 4 is 40.0 Å². The van der Waals surface area contributed by atoms with Crippen LogP contribution in [-0.2, 0) is 4.79 Å². The fourth-order valence-electron chi connectivity index (χ4n) is 3.05. The maximum Gasteiger partial charge on any atom is 0.183 e. The van der Waals surface area contributed by atoms with Gasteiger partial charge in [-0.25, -0.2) is 4.99 Å². The van der Waals surface area contributed by atoms with Crippen LogP contribution in [0, 0.1) is 0 Å². The molecule has 3 aromatic rings. The van der Waals surface area contributed by atoms with Crippen LogP contribution in [0.5, 0.6) is 11.5 Å². The van der Waals surface area contributed by atoms with Crippen LogP contribution in [0.1, 0.15) is 12.8 Å². The number of benzene rings is 3. The predicted molar refractivity (Wildman–Crippen MR) is 118 cm³/mol. The van der Waals surface area contributed by atoms with Crippen LogP contribution >= 0.6 is 0 Å². The van der Waals surface area contributed by atoms with Crippen molar-refractivity contribution in [2.75, 3.05) is 0 Å². The molecule has 0 unspecified atom stereocenters. The summed E-state index contributed by atoms with van der Waals surface area (Å²) < 4.78 is 0. The van der Waals surface area contributed by atoms with E-state index in [1.54, 1.807) is 36.4 Å². The Bertz CT molecular complexity index is 1150. The molecule has 6 heteroatoms. The zero-order valence-electron chi connectivity index (χ0n) is 16.1. The molecule has 0 aliphatic heterocycles. The van der Waals surface area contributed by atoms with Crippen molar-refractivity contribution < 1.29 is 15.0 Å². The van der Waals surface area contributed by atoms with E-state index in [0.29, 0.717) is 28.5 Å². The standard InChI is InChI=1S/C24H19N3O3/c28-19-10-6-17(7-11-19)26-21-14-23(27-18-8-12-20(29)13-9-18)24(30)15-22(21)25-16-4-2-1-3-5-16/h1-13,28-29H,14-15H2. The van der Waals surface area contributed by atoms with E-state index >= 15 is 0 Å². The molecule has 0 radical (unpaired) electrons. The van der Waals surface area contributed by atoms with Gasteiger partial charge >= 0.3 is 0 Å². The highest BCUT2D eigenvalue weighted by Gasteiger charge is 2.27. The van der Waals surface area contributed by atoms with Crippen molar-refractivity contribution in [2.24, 2.45) is 15.0 Å². The molecule has 0 aromatic heterocycles. The molecule has 0 bridgehead atoms. The number of rotatable bonds is 3. The zero-order chi connectivity index (χ0) is 20.9. The first kappa shape index (κ1) is 19.3. The number of carbonyl (C=O) groups is 1. The van der Waals surface area contributed by atoms with Crippen LogP contribution in [0.15, 0.2) is 93.8 Å². The Labute approximate surface area is 173 Å². The van der Waals surface area contributed by atoms with E-state index in [4.69, 9.17) is 0 Å². The summed E-state index contributed by atoms with van der Waals surface area (Å²) in [7, 11) is 0. The first-order chi connectivity index (χ1) is 14.6. The number of aliphatic imine (C=N–C) groups is 3. The van der Waals surface area contributed by atoms with E-state index in [-0.39, 0.29) is 30.1 Å². The number of aromatic hydroxyl groups is 2. The number of para-hydroxylation sites is 1. The van der Waals surface area contributed by atoms with E-state index in [9.17, 15) is 15.0 Å². The van der Waals surface area contributed by atoms with E-state index in [2.05, 4.69) is 15.0 Å². The van der Waals surface area contributed by atoms with E-state index < -0.39 is 0 Å². The fraction of sp³-hybridized carbons (Fsp3) is 0.0833. The summed E-state index contributed by atoms with van der Waals surface area (Å²) in [6.45, 7) is 0. The molecule has 1 saturated carbocycles. The van der Waals surface area contributed by atoms with Gasteiger partial charge in [-0.1, -0.05) is 18.2 Å². The van der Waals surface area contributed by atoms with Gasteiger partial charge in [0.25, 0.3) is 0 Å². The normalized spacial score (nSPS) is 18.3. The Morgan fingerprint density at radius 3 is 1.50 bits per heavy atom. The number of Topliss-reactive ketones (excluding diaryl/α,β-unsaturated/α-hetero) is 1. The molecule has 6 nitrogen and oxygen atoms in total. The van der Waals surface area contributed by atoms with Gasteiger partial charge in [-0.3, -0.25) is 14.8 Å². The molecule has 0 amide bonds. The maximum atomic E-state index is 12.8. The number of phenols is 2. The lowest BCUT2D eigenvalue weighted by atomic mass is 9.92. The van der Waals surface area contributed by atoms with Crippen LogP contribution in [0.2, 0.25) is 0 Å². The molecular formula is C24H19N3O3. The zero-order valence-corrected chi connectivity index (χ0v) is 16.1. The van der Waals surface area contributed by atoms with Crippen molar-refractivity contribution in [3.63, 3.8) is 0 Å². The lowest BCUT2D eigenvalue weighted by molar-refractivity contribution is -0.112. The van der Waals surface area contributed by atoms with Gasteiger partial charge in [-0.2, -0.15) is 0 Å². The van der Waals surface area contributed by atoms with E-state index in [0.717, 1.165) is 5.69 Å². The number of hydrogen-bond donors (Lipinski definition) is 2. The quantitative estimate of drug-likeness (QED) is 0.645. The fourth-order valence-corrected chi connectivity index (χ4v) is 3.05. The third-order valence-corrected chi connectivity index (χ3v) is 4.57. The molecule has 4 rings (SSSR count). The van der Waals surface area contributed by atoms with Crippen molar-refractivity contribution in [3.8, 4) is 11.5 Å². The molecule has 0 saturated heterocycles. The molecule has 30 heavy (non-hydrogen) atoms. The summed E-state index contributed by atoms with van der Waals surface area (Å²) in [5, 5.41) is 19.0. The highest BCUT2D eigenvalue weighted by atomic mass is 16.3. The van der Waals surface area contributed by atoms with Gasteiger partial charge in [0.2, 0.25) is 0 Å². The third-order valence-electron chi connectivity index (χ3n) is 4.57. The highest BCUT2D eigenvalue weighted by Crippen LogP contribution is 2.24. The minimum absolute atomic E-state index is 0.0999. The number of ketones is 1. The second-order valence-corrected chi connectivity index (χ2v) is 6.82. The molecular weight excluding hydrogens is 378 g/mol. The topological polar surface area (TPSA) is 94.6 Å². The molecule has 0 spiro atoms. The SMILES string of the molecule is O=C1CC(=Nc2ccccc2)C(=Nc2ccc(O)cc2)CC1=Nc1ccc(O)cc1. The molecule has 1 aliphatic carbocycles. The minimum Gasteiger partial charge on any atom is -0.508 e. The van der Waals surface area contributed by atoms with Crippen LogP contribution in [0.25, 0.3) is 0 Å². The summed E-state index contributed by atoms with van der Waals surface area (Å²) in [6.07, 6.45) is 0.342. The van der Waals surface area contributed by atoms with Gasteiger partial charge in [-0.05, 0) is 60.7 Å². The van der Waals surface area contributed by atoms with Crippen LogP contribution in [0.4, 0.5) is 17.1 Å². The average molecular weight is 397 g/mol. The smallest absolute Gasteiger partial charge is 0.183 e. The van der Waals surface area contributed by atoms with E-state index in [1.165, 1.54) is 12.1 Å². The maximum absolute atomic E-state index is 12.8. The first-order valence-corrected chi connectivity index (χ1v) is 9.46.